The molecule has 0 saturated carbocycles. The molecule has 0 aliphatic rings. The average molecular weight is 352 g/mol. The summed E-state index contributed by atoms with van der Waals surface area (Å²) in [5, 5.41) is 0.168. The van der Waals surface area contributed by atoms with E-state index in [0.717, 1.165) is 11.3 Å². The third-order valence-electron chi connectivity index (χ3n) is 4.67. The second-order valence-electron chi connectivity index (χ2n) is 7.73. The van der Waals surface area contributed by atoms with Crippen LogP contribution in [-0.4, -0.2) is 33.4 Å². The predicted molar refractivity (Wildman–Crippen MR) is 102 cm³/mol. The highest BCUT2D eigenvalue weighted by molar-refractivity contribution is 6.74. The molecule has 2 N–H and O–H groups in total. The molecule has 5 heteroatoms. The number of ketones is 1. The minimum atomic E-state index is -1.82. The molecule has 0 saturated heterocycles. The number of nitrogens with two attached hydrogens (primary N) is 1. The molecule has 0 fully saturated rings. The second kappa shape index (κ2) is 8.79. The Morgan fingerprint density at radius 1 is 1.21 bits per heavy atom. The number of hydrogen-bond donors (Lipinski definition) is 1. The van der Waals surface area contributed by atoms with Gasteiger partial charge in [-0.3, -0.25) is 4.79 Å². The van der Waals surface area contributed by atoms with Crippen LogP contribution >= 0.6 is 0 Å². The summed E-state index contributed by atoms with van der Waals surface area (Å²) in [5.41, 5.74) is 7.05. The third kappa shape index (κ3) is 6.38. The normalized spacial score (nSPS) is 13.6. The molecule has 0 heterocycles. The fourth-order valence-electron chi connectivity index (χ4n) is 2.01. The Labute approximate surface area is 147 Å². The van der Waals surface area contributed by atoms with E-state index in [1.807, 2.05) is 31.2 Å². The zero-order valence-electron chi connectivity index (χ0n) is 16.0. The molecule has 136 valence electrons. The largest absolute Gasteiger partial charge is 0.544 e. The standard InChI is InChI=1S/C19H33NO3Si/c1-7-22-13-12-18(21)17(20)14-15-8-10-16(11-9-15)23-24(5,6)19(2,3)4/h8-11,17H,7,12-14,20H2,1-6H3. The summed E-state index contributed by atoms with van der Waals surface area (Å²) in [5.74, 6) is 0.937. The number of carbonyl (C=O) groups excluding carboxylic acids is 1. The smallest absolute Gasteiger partial charge is 0.250 e. The van der Waals surface area contributed by atoms with Gasteiger partial charge < -0.3 is 14.9 Å². The van der Waals surface area contributed by atoms with Crippen LogP contribution in [-0.2, 0) is 16.0 Å². The molecule has 1 unspecified atom stereocenters. The van der Waals surface area contributed by atoms with Crippen LogP contribution < -0.4 is 10.2 Å². The van der Waals surface area contributed by atoms with Crippen molar-refractivity contribution in [1.29, 1.82) is 0 Å². The zero-order valence-corrected chi connectivity index (χ0v) is 17.0. The lowest BCUT2D eigenvalue weighted by Gasteiger charge is -2.36. The van der Waals surface area contributed by atoms with Gasteiger partial charge in [0.25, 0.3) is 0 Å². The highest BCUT2D eigenvalue weighted by Crippen LogP contribution is 2.37. The van der Waals surface area contributed by atoms with Crippen LogP contribution in [0.15, 0.2) is 24.3 Å². The van der Waals surface area contributed by atoms with E-state index in [1.165, 1.54) is 0 Å². The minimum absolute atomic E-state index is 0.0463. The lowest BCUT2D eigenvalue weighted by atomic mass is 10.0. The van der Waals surface area contributed by atoms with E-state index in [4.69, 9.17) is 14.9 Å². The molecule has 0 bridgehead atoms. The van der Waals surface area contributed by atoms with E-state index in [1.54, 1.807) is 0 Å². The number of benzene rings is 1. The average Bonchev–Trinajstić information content (AvgIpc) is 2.48. The SMILES string of the molecule is CCOCCC(=O)C(N)Cc1ccc(O[Si](C)(C)C(C)(C)C)cc1. The van der Waals surface area contributed by atoms with Gasteiger partial charge >= 0.3 is 0 Å². The molecule has 0 radical (unpaired) electrons. The van der Waals surface area contributed by atoms with Gasteiger partial charge in [0, 0.05) is 13.0 Å². The van der Waals surface area contributed by atoms with Crippen LogP contribution in [0.3, 0.4) is 0 Å². The maximum Gasteiger partial charge on any atom is 0.250 e. The van der Waals surface area contributed by atoms with Crippen molar-refractivity contribution < 1.29 is 14.0 Å². The van der Waals surface area contributed by atoms with E-state index in [2.05, 4.69) is 33.9 Å². The van der Waals surface area contributed by atoms with Gasteiger partial charge in [-0.05, 0) is 49.2 Å². The molecule has 0 amide bonds. The fourth-order valence-corrected chi connectivity index (χ4v) is 3.04. The van der Waals surface area contributed by atoms with Crippen molar-refractivity contribution in [3.05, 3.63) is 29.8 Å². The highest BCUT2D eigenvalue weighted by atomic mass is 28.4. The zero-order chi connectivity index (χ0) is 18.4. The molecule has 1 aromatic carbocycles. The lowest BCUT2D eigenvalue weighted by molar-refractivity contribution is -0.121. The number of hydrogen-bond acceptors (Lipinski definition) is 4. The molecule has 1 aromatic rings. The second-order valence-corrected chi connectivity index (χ2v) is 12.5. The quantitative estimate of drug-likeness (QED) is 0.541. The van der Waals surface area contributed by atoms with Crippen molar-refractivity contribution in [2.45, 2.75) is 64.7 Å². The molecule has 4 nitrogen and oxygen atoms in total. The Morgan fingerprint density at radius 3 is 2.29 bits per heavy atom. The number of carbonyl (C=O) groups is 1. The fraction of sp³-hybridized carbons (Fsp3) is 0.632. The molecular formula is C19H33NO3Si. The first-order chi connectivity index (χ1) is 11.1. The van der Waals surface area contributed by atoms with Gasteiger partial charge in [-0.1, -0.05) is 32.9 Å². The van der Waals surface area contributed by atoms with Crippen LogP contribution in [0.5, 0.6) is 5.75 Å². The summed E-state index contributed by atoms with van der Waals surface area (Å²) >= 11 is 0. The molecule has 1 rings (SSSR count). The number of Topliss-reactive ketones (excluding diaryl/α,β-unsaturated/α-hetero) is 1. The Hall–Kier alpha value is -1.17. The van der Waals surface area contributed by atoms with Crippen LogP contribution in [0.1, 0.15) is 39.7 Å². The molecular weight excluding hydrogens is 318 g/mol. The van der Waals surface area contributed by atoms with Crippen molar-refractivity contribution in [3.63, 3.8) is 0 Å². The first-order valence-corrected chi connectivity index (χ1v) is 11.6. The first-order valence-electron chi connectivity index (χ1n) is 8.71. The van der Waals surface area contributed by atoms with Crippen molar-refractivity contribution >= 4 is 14.1 Å². The molecule has 0 aliphatic heterocycles. The summed E-state index contributed by atoms with van der Waals surface area (Å²) in [6, 6.07) is 7.48. The van der Waals surface area contributed by atoms with Crippen molar-refractivity contribution in [3.8, 4) is 5.75 Å². The Kier molecular flexibility index (Phi) is 7.64. The summed E-state index contributed by atoms with van der Waals surface area (Å²) in [7, 11) is -1.82. The minimum Gasteiger partial charge on any atom is -0.544 e. The lowest BCUT2D eigenvalue weighted by Crippen LogP contribution is -2.43. The van der Waals surface area contributed by atoms with Gasteiger partial charge in [0.1, 0.15) is 5.75 Å². The van der Waals surface area contributed by atoms with Gasteiger partial charge in [-0.25, -0.2) is 0 Å². The van der Waals surface area contributed by atoms with Gasteiger partial charge in [-0.15, -0.1) is 0 Å². The molecule has 0 aliphatic carbocycles. The van der Waals surface area contributed by atoms with E-state index >= 15 is 0 Å². The molecule has 24 heavy (non-hydrogen) atoms. The Bertz CT molecular complexity index is 520. The van der Waals surface area contributed by atoms with Crippen LogP contribution in [0.4, 0.5) is 0 Å². The van der Waals surface area contributed by atoms with Crippen molar-refractivity contribution in [1.82, 2.24) is 0 Å². The van der Waals surface area contributed by atoms with Gasteiger partial charge in [0.15, 0.2) is 5.78 Å². The molecule has 1 atom stereocenters. The van der Waals surface area contributed by atoms with Crippen molar-refractivity contribution in [2.24, 2.45) is 5.73 Å². The van der Waals surface area contributed by atoms with E-state index in [9.17, 15) is 4.79 Å². The van der Waals surface area contributed by atoms with Gasteiger partial charge in [0.2, 0.25) is 8.32 Å². The number of rotatable bonds is 9. The molecule has 0 aromatic heterocycles. The number of ether oxygens (including phenoxy) is 1. The molecule has 0 spiro atoms. The van der Waals surface area contributed by atoms with Crippen molar-refractivity contribution in [2.75, 3.05) is 13.2 Å². The monoisotopic (exact) mass is 351 g/mol. The third-order valence-corrected chi connectivity index (χ3v) is 9.03. The van der Waals surface area contributed by atoms with E-state index < -0.39 is 14.4 Å². The summed E-state index contributed by atoms with van der Waals surface area (Å²) in [6.45, 7) is 14.1. The van der Waals surface area contributed by atoms with Crippen LogP contribution in [0.25, 0.3) is 0 Å². The Morgan fingerprint density at radius 2 is 1.79 bits per heavy atom. The van der Waals surface area contributed by atoms with Crippen LogP contribution in [0.2, 0.25) is 18.1 Å². The summed E-state index contributed by atoms with van der Waals surface area (Å²) < 4.78 is 11.5. The highest BCUT2D eigenvalue weighted by Gasteiger charge is 2.38. The first kappa shape index (κ1) is 20.9. The van der Waals surface area contributed by atoms with E-state index in [-0.39, 0.29) is 10.8 Å². The topological polar surface area (TPSA) is 61.5 Å². The van der Waals surface area contributed by atoms with Gasteiger partial charge in [-0.2, -0.15) is 0 Å². The van der Waals surface area contributed by atoms with Gasteiger partial charge in [0.05, 0.1) is 12.6 Å². The maximum absolute atomic E-state index is 12.0. The van der Waals surface area contributed by atoms with E-state index in [0.29, 0.717) is 26.1 Å². The van der Waals surface area contributed by atoms with Crippen LogP contribution in [0, 0.1) is 0 Å². The maximum atomic E-state index is 12.0. The summed E-state index contributed by atoms with van der Waals surface area (Å²) in [4.78, 5) is 12.0. The predicted octanol–water partition coefficient (Wildman–Crippen LogP) is 3.94. The summed E-state index contributed by atoms with van der Waals surface area (Å²) in [6.07, 6.45) is 0.924. The Balaban J connectivity index is 2.60.